The first-order chi connectivity index (χ1) is 14.0. The van der Waals surface area contributed by atoms with Crippen LogP contribution in [0, 0.1) is 6.92 Å². The summed E-state index contributed by atoms with van der Waals surface area (Å²) in [5.41, 5.74) is 3.69. The molecular weight excluding hydrogens is 366 g/mol. The minimum atomic E-state index is -0.325. The predicted molar refractivity (Wildman–Crippen MR) is 115 cm³/mol. The van der Waals surface area contributed by atoms with E-state index in [1.165, 1.54) is 38.2 Å². The number of benzene rings is 1. The van der Waals surface area contributed by atoms with Crippen LogP contribution in [0.1, 0.15) is 55.2 Å². The van der Waals surface area contributed by atoms with E-state index in [0.717, 1.165) is 18.7 Å². The summed E-state index contributed by atoms with van der Waals surface area (Å²) in [4.78, 5) is 32.6. The van der Waals surface area contributed by atoms with E-state index in [0.29, 0.717) is 23.0 Å². The standard InChI is InChI=1S/C22H27N5O2/c1-15-13-20(21(29)26-19-10-6-9-18(14-19)25-16(2)28)27-22(24-15)23-12-11-17-7-4-3-5-8-17/h6-7,9-10,13-14H,3-5,8,11-12H2,1-2H3,(H,25,28)(H,26,29)(H,23,24,27). The Morgan fingerprint density at radius 3 is 2.59 bits per heavy atom. The number of anilines is 3. The molecular formula is C22H27N5O2. The molecule has 1 aromatic heterocycles. The summed E-state index contributed by atoms with van der Waals surface area (Å²) in [5, 5.41) is 8.74. The highest BCUT2D eigenvalue weighted by Crippen LogP contribution is 2.20. The second-order valence-electron chi connectivity index (χ2n) is 7.22. The molecule has 7 nitrogen and oxygen atoms in total. The van der Waals surface area contributed by atoms with Crippen LogP contribution in [0.25, 0.3) is 0 Å². The molecule has 1 heterocycles. The van der Waals surface area contributed by atoms with E-state index in [2.05, 4.69) is 32.0 Å². The molecule has 0 saturated heterocycles. The highest BCUT2D eigenvalue weighted by atomic mass is 16.2. The summed E-state index contributed by atoms with van der Waals surface area (Å²) in [7, 11) is 0. The maximum atomic E-state index is 12.6. The maximum Gasteiger partial charge on any atom is 0.274 e. The van der Waals surface area contributed by atoms with E-state index in [9.17, 15) is 9.59 Å². The minimum Gasteiger partial charge on any atom is -0.354 e. The second-order valence-corrected chi connectivity index (χ2v) is 7.22. The number of allylic oxidation sites excluding steroid dienone is 1. The lowest BCUT2D eigenvalue weighted by Crippen LogP contribution is -2.17. The Morgan fingerprint density at radius 1 is 1.07 bits per heavy atom. The van der Waals surface area contributed by atoms with Crippen molar-refractivity contribution in [2.75, 3.05) is 22.5 Å². The number of rotatable bonds is 7. The van der Waals surface area contributed by atoms with E-state index >= 15 is 0 Å². The monoisotopic (exact) mass is 393 g/mol. The Kier molecular flexibility index (Phi) is 6.94. The summed E-state index contributed by atoms with van der Waals surface area (Å²) >= 11 is 0. The largest absolute Gasteiger partial charge is 0.354 e. The fourth-order valence-corrected chi connectivity index (χ4v) is 3.30. The summed E-state index contributed by atoms with van der Waals surface area (Å²) in [5.74, 6) is -0.0355. The van der Waals surface area contributed by atoms with Gasteiger partial charge in [-0.3, -0.25) is 9.59 Å². The molecule has 2 aromatic rings. The molecule has 0 spiro atoms. The number of nitrogens with one attached hydrogen (secondary N) is 3. The van der Waals surface area contributed by atoms with Crippen LogP contribution in [0.5, 0.6) is 0 Å². The van der Waals surface area contributed by atoms with Crippen LogP contribution >= 0.6 is 0 Å². The molecule has 7 heteroatoms. The van der Waals surface area contributed by atoms with Gasteiger partial charge in [-0.05, 0) is 63.3 Å². The van der Waals surface area contributed by atoms with E-state index in [4.69, 9.17) is 0 Å². The number of aryl methyl sites for hydroxylation is 1. The average Bonchev–Trinajstić information content (AvgIpc) is 2.68. The van der Waals surface area contributed by atoms with Gasteiger partial charge in [-0.2, -0.15) is 0 Å². The van der Waals surface area contributed by atoms with Gasteiger partial charge in [-0.15, -0.1) is 0 Å². The predicted octanol–water partition coefficient (Wildman–Crippen LogP) is 4.30. The lowest BCUT2D eigenvalue weighted by Gasteiger charge is -2.13. The molecule has 1 aromatic carbocycles. The molecule has 2 amide bonds. The first kappa shape index (κ1) is 20.5. The summed E-state index contributed by atoms with van der Waals surface area (Å²) in [6.45, 7) is 4.02. The Labute approximate surface area is 171 Å². The highest BCUT2D eigenvalue weighted by Gasteiger charge is 2.12. The normalized spacial score (nSPS) is 13.4. The fourth-order valence-electron chi connectivity index (χ4n) is 3.30. The van der Waals surface area contributed by atoms with Gasteiger partial charge in [0.1, 0.15) is 5.69 Å². The molecule has 29 heavy (non-hydrogen) atoms. The lowest BCUT2D eigenvalue weighted by atomic mass is 9.97. The Hall–Kier alpha value is -3.22. The summed E-state index contributed by atoms with van der Waals surface area (Å²) in [6, 6.07) is 8.63. The van der Waals surface area contributed by atoms with E-state index < -0.39 is 0 Å². The van der Waals surface area contributed by atoms with Crippen LogP contribution in [0.2, 0.25) is 0 Å². The van der Waals surface area contributed by atoms with Crippen molar-refractivity contribution in [1.29, 1.82) is 0 Å². The number of aromatic nitrogens is 2. The van der Waals surface area contributed by atoms with Gasteiger partial charge in [0.2, 0.25) is 11.9 Å². The average molecular weight is 393 g/mol. The maximum absolute atomic E-state index is 12.6. The zero-order chi connectivity index (χ0) is 20.6. The topological polar surface area (TPSA) is 96.0 Å². The van der Waals surface area contributed by atoms with Crippen LogP contribution in [-0.2, 0) is 4.79 Å². The van der Waals surface area contributed by atoms with Crippen molar-refractivity contribution in [1.82, 2.24) is 9.97 Å². The van der Waals surface area contributed by atoms with Crippen molar-refractivity contribution < 1.29 is 9.59 Å². The number of amides is 2. The molecule has 0 aliphatic heterocycles. The van der Waals surface area contributed by atoms with Crippen molar-refractivity contribution >= 4 is 29.1 Å². The smallest absolute Gasteiger partial charge is 0.274 e. The Bertz CT molecular complexity index is 923. The van der Waals surface area contributed by atoms with Gasteiger partial charge in [0.25, 0.3) is 5.91 Å². The number of carbonyl (C=O) groups excluding carboxylic acids is 2. The number of nitrogens with zero attached hydrogens (tertiary/aromatic N) is 2. The van der Waals surface area contributed by atoms with Gasteiger partial charge in [-0.1, -0.05) is 17.7 Å². The molecule has 0 bridgehead atoms. The van der Waals surface area contributed by atoms with Crippen LogP contribution < -0.4 is 16.0 Å². The SMILES string of the molecule is CC(=O)Nc1cccc(NC(=O)c2cc(C)nc(NCCC3=CCCCC3)n2)c1. The van der Waals surface area contributed by atoms with Crippen molar-refractivity contribution in [3.8, 4) is 0 Å². The molecule has 0 unspecified atom stereocenters. The van der Waals surface area contributed by atoms with E-state index in [-0.39, 0.29) is 11.8 Å². The first-order valence-electron chi connectivity index (χ1n) is 9.96. The van der Waals surface area contributed by atoms with Gasteiger partial charge >= 0.3 is 0 Å². The van der Waals surface area contributed by atoms with Gasteiger partial charge in [0, 0.05) is 30.5 Å². The third kappa shape index (κ3) is 6.41. The fraction of sp³-hybridized carbons (Fsp3) is 0.364. The third-order valence-electron chi connectivity index (χ3n) is 4.64. The zero-order valence-electron chi connectivity index (χ0n) is 16.9. The number of hydrogen-bond donors (Lipinski definition) is 3. The Morgan fingerprint density at radius 2 is 1.86 bits per heavy atom. The van der Waals surface area contributed by atoms with Crippen molar-refractivity contribution in [3.63, 3.8) is 0 Å². The molecule has 0 radical (unpaired) electrons. The molecule has 1 aliphatic carbocycles. The Balaban J connectivity index is 1.63. The summed E-state index contributed by atoms with van der Waals surface area (Å²) in [6.07, 6.45) is 8.18. The molecule has 3 N–H and O–H groups in total. The second kappa shape index (κ2) is 9.82. The molecule has 3 rings (SSSR count). The third-order valence-corrected chi connectivity index (χ3v) is 4.64. The van der Waals surface area contributed by atoms with E-state index in [1.807, 2.05) is 6.92 Å². The number of carbonyl (C=O) groups is 2. The summed E-state index contributed by atoms with van der Waals surface area (Å²) < 4.78 is 0. The minimum absolute atomic E-state index is 0.167. The van der Waals surface area contributed by atoms with Crippen molar-refractivity contribution in [2.45, 2.75) is 46.0 Å². The molecule has 0 atom stereocenters. The zero-order valence-corrected chi connectivity index (χ0v) is 16.9. The van der Waals surface area contributed by atoms with Crippen LogP contribution in [0.3, 0.4) is 0 Å². The van der Waals surface area contributed by atoms with Gasteiger partial charge < -0.3 is 16.0 Å². The quantitative estimate of drug-likeness (QED) is 0.610. The molecule has 0 saturated carbocycles. The van der Waals surface area contributed by atoms with Crippen LogP contribution in [0.15, 0.2) is 42.0 Å². The number of hydrogen-bond acceptors (Lipinski definition) is 5. The van der Waals surface area contributed by atoms with Crippen molar-refractivity contribution in [3.05, 3.63) is 53.4 Å². The first-order valence-corrected chi connectivity index (χ1v) is 9.96. The molecule has 152 valence electrons. The van der Waals surface area contributed by atoms with E-state index in [1.54, 1.807) is 30.3 Å². The van der Waals surface area contributed by atoms with Gasteiger partial charge in [-0.25, -0.2) is 9.97 Å². The highest BCUT2D eigenvalue weighted by molar-refractivity contribution is 6.03. The molecule has 1 aliphatic rings. The van der Waals surface area contributed by atoms with Crippen molar-refractivity contribution in [2.24, 2.45) is 0 Å². The molecule has 0 fully saturated rings. The lowest BCUT2D eigenvalue weighted by molar-refractivity contribution is -0.114. The van der Waals surface area contributed by atoms with Crippen LogP contribution in [0.4, 0.5) is 17.3 Å². The van der Waals surface area contributed by atoms with Gasteiger partial charge in [0.15, 0.2) is 0 Å². The van der Waals surface area contributed by atoms with Gasteiger partial charge in [0.05, 0.1) is 0 Å². The van der Waals surface area contributed by atoms with Crippen LogP contribution in [-0.4, -0.2) is 28.3 Å².